The summed E-state index contributed by atoms with van der Waals surface area (Å²) in [4.78, 5) is 22.7. The number of carbonyl (C=O) groups is 1. The molecule has 0 radical (unpaired) electrons. The van der Waals surface area contributed by atoms with Crippen LogP contribution in [-0.4, -0.2) is 33.6 Å². The molecule has 1 aliphatic rings. The Morgan fingerprint density at radius 2 is 2.00 bits per heavy atom. The summed E-state index contributed by atoms with van der Waals surface area (Å²) >= 11 is 1.24. The summed E-state index contributed by atoms with van der Waals surface area (Å²) in [5.74, 6) is 0.0853. The van der Waals surface area contributed by atoms with E-state index in [2.05, 4.69) is 9.98 Å². The number of likely N-dealkylation sites (tertiary alicyclic amines) is 1. The second-order valence-electron chi connectivity index (χ2n) is 5.46. The maximum atomic E-state index is 12.9. The number of rotatable bonds is 1. The summed E-state index contributed by atoms with van der Waals surface area (Å²) in [6.45, 7) is 3.12. The Balaban J connectivity index is 2.02. The number of amides is 2. The first kappa shape index (κ1) is 16.7. The average Bonchev–Trinajstić information content (AvgIpc) is 3.16. The number of hydrogen-bond donors (Lipinski definition) is 0. The van der Waals surface area contributed by atoms with Crippen molar-refractivity contribution >= 4 is 17.4 Å². The number of halogens is 3. The van der Waals surface area contributed by atoms with Gasteiger partial charge in [-0.05, 0) is 31.9 Å². The first-order chi connectivity index (χ1) is 11.3. The molecule has 1 aliphatic heterocycles. The van der Waals surface area contributed by atoms with Crippen LogP contribution in [0.1, 0.15) is 23.4 Å². The summed E-state index contributed by atoms with van der Waals surface area (Å²) in [6.07, 6.45) is -1.01. The molecule has 0 saturated carbocycles. The van der Waals surface area contributed by atoms with Crippen LogP contribution in [0.4, 0.5) is 18.0 Å². The minimum Gasteiger partial charge on any atom is -0.323 e. The van der Waals surface area contributed by atoms with Crippen molar-refractivity contribution in [3.05, 3.63) is 39.8 Å². The number of pyridine rings is 1. The van der Waals surface area contributed by atoms with Crippen LogP contribution in [0.2, 0.25) is 0 Å². The zero-order chi connectivity index (χ0) is 17.3. The molecule has 0 atom stereocenters. The summed E-state index contributed by atoms with van der Waals surface area (Å²) in [7, 11) is 0. The van der Waals surface area contributed by atoms with Gasteiger partial charge in [-0.15, -0.1) is 11.3 Å². The van der Waals surface area contributed by atoms with Crippen molar-refractivity contribution in [2.24, 2.45) is 4.99 Å². The number of hydrogen-bond acceptors (Lipinski definition) is 3. The fourth-order valence-electron chi connectivity index (χ4n) is 2.47. The standard InChI is InChI=1S/C15H15F3N4OS/c1-10-9-22(12-6-4-5-11(19-12)15(16,17)18)14(24-10)20-13(23)21-7-2-3-8-21/h4-6,9H,2-3,7-8H2,1H3. The fraction of sp³-hybridized carbons (Fsp3) is 0.400. The van der Waals surface area contributed by atoms with Crippen LogP contribution in [0.25, 0.3) is 5.82 Å². The number of urea groups is 1. The van der Waals surface area contributed by atoms with E-state index in [0.29, 0.717) is 17.9 Å². The molecule has 2 aromatic rings. The third-order valence-corrected chi connectivity index (χ3v) is 4.51. The Morgan fingerprint density at radius 3 is 2.67 bits per heavy atom. The molecule has 9 heteroatoms. The lowest BCUT2D eigenvalue weighted by molar-refractivity contribution is -0.141. The van der Waals surface area contributed by atoms with E-state index in [1.807, 2.05) is 0 Å². The fourth-order valence-corrected chi connectivity index (χ4v) is 3.29. The Kier molecular flexibility index (Phi) is 4.44. The molecule has 2 amide bonds. The SMILES string of the molecule is Cc1cn(-c2cccc(C(F)(F)F)n2)c(=NC(=O)N2CCCC2)s1. The maximum Gasteiger partial charge on any atom is 0.433 e. The number of carbonyl (C=O) groups excluding carboxylic acids is 1. The lowest BCUT2D eigenvalue weighted by Gasteiger charge is -2.11. The van der Waals surface area contributed by atoms with E-state index in [-0.39, 0.29) is 11.8 Å². The number of nitrogens with zero attached hydrogens (tertiary/aromatic N) is 4. The Bertz CT molecular complexity index is 819. The topological polar surface area (TPSA) is 50.5 Å². The van der Waals surface area contributed by atoms with Gasteiger partial charge in [0.05, 0.1) is 0 Å². The van der Waals surface area contributed by atoms with E-state index >= 15 is 0 Å². The normalized spacial score (nSPS) is 16.0. The van der Waals surface area contributed by atoms with E-state index in [1.165, 1.54) is 28.0 Å². The Hall–Kier alpha value is -2.16. The van der Waals surface area contributed by atoms with Gasteiger partial charge in [0.15, 0.2) is 0 Å². The molecule has 1 saturated heterocycles. The quantitative estimate of drug-likeness (QED) is 0.787. The summed E-state index contributed by atoms with van der Waals surface area (Å²) < 4.78 is 40.0. The molecular formula is C15H15F3N4OS. The largest absolute Gasteiger partial charge is 0.433 e. The molecule has 3 heterocycles. The van der Waals surface area contributed by atoms with Gasteiger partial charge in [-0.1, -0.05) is 6.07 Å². The van der Waals surface area contributed by atoms with Crippen molar-refractivity contribution < 1.29 is 18.0 Å². The van der Waals surface area contributed by atoms with Gasteiger partial charge in [0.2, 0.25) is 4.80 Å². The van der Waals surface area contributed by atoms with Crippen LogP contribution in [0.3, 0.4) is 0 Å². The van der Waals surface area contributed by atoms with E-state index in [0.717, 1.165) is 23.8 Å². The van der Waals surface area contributed by atoms with Gasteiger partial charge in [0, 0.05) is 24.2 Å². The molecule has 5 nitrogen and oxygen atoms in total. The van der Waals surface area contributed by atoms with E-state index in [9.17, 15) is 18.0 Å². The third kappa shape index (κ3) is 3.50. The monoisotopic (exact) mass is 356 g/mol. The highest BCUT2D eigenvalue weighted by Gasteiger charge is 2.32. The third-order valence-electron chi connectivity index (χ3n) is 3.61. The van der Waals surface area contributed by atoms with Crippen molar-refractivity contribution in [3.63, 3.8) is 0 Å². The van der Waals surface area contributed by atoms with Gasteiger partial charge >= 0.3 is 12.2 Å². The maximum absolute atomic E-state index is 12.9. The molecular weight excluding hydrogens is 341 g/mol. The number of thiazole rings is 1. The predicted molar refractivity (Wildman–Crippen MR) is 82.9 cm³/mol. The highest BCUT2D eigenvalue weighted by molar-refractivity contribution is 7.09. The second kappa shape index (κ2) is 6.39. The zero-order valence-corrected chi connectivity index (χ0v) is 13.7. The molecule has 128 valence electrons. The molecule has 0 aromatic carbocycles. The van der Waals surface area contributed by atoms with E-state index < -0.39 is 11.9 Å². The molecule has 1 fully saturated rings. The average molecular weight is 356 g/mol. The number of aryl methyl sites for hydroxylation is 1. The van der Waals surface area contributed by atoms with Gasteiger partial charge in [0.25, 0.3) is 0 Å². The highest BCUT2D eigenvalue weighted by atomic mass is 32.1. The molecule has 2 aromatic heterocycles. The molecule has 3 rings (SSSR count). The highest BCUT2D eigenvalue weighted by Crippen LogP contribution is 2.27. The number of alkyl halides is 3. The molecule has 0 spiro atoms. The molecule has 0 N–H and O–H groups in total. The smallest absolute Gasteiger partial charge is 0.323 e. The van der Waals surface area contributed by atoms with Gasteiger partial charge in [-0.2, -0.15) is 18.2 Å². The Labute approximate surface area is 140 Å². The zero-order valence-electron chi connectivity index (χ0n) is 12.9. The first-order valence-corrected chi connectivity index (χ1v) is 8.23. The number of aromatic nitrogens is 2. The van der Waals surface area contributed by atoms with Gasteiger partial charge < -0.3 is 4.90 Å². The van der Waals surface area contributed by atoms with Crippen LogP contribution >= 0.6 is 11.3 Å². The molecule has 0 aliphatic carbocycles. The minimum absolute atomic E-state index is 0.0853. The second-order valence-corrected chi connectivity index (χ2v) is 6.67. The van der Waals surface area contributed by atoms with E-state index in [4.69, 9.17) is 0 Å². The van der Waals surface area contributed by atoms with Crippen LogP contribution in [-0.2, 0) is 6.18 Å². The van der Waals surface area contributed by atoms with Crippen LogP contribution in [0.15, 0.2) is 29.4 Å². The van der Waals surface area contributed by atoms with Gasteiger partial charge in [-0.25, -0.2) is 9.78 Å². The van der Waals surface area contributed by atoms with Crippen molar-refractivity contribution in [3.8, 4) is 5.82 Å². The summed E-state index contributed by atoms with van der Waals surface area (Å²) in [6, 6.07) is 3.29. The molecule has 0 bridgehead atoms. The summed E-state index contributed by atoms with van der Waals surface area (Å²) in [5.41, 5.74) is -0.979. The van der Waals surface area contributed by atoms with Crippen molar-refractivity contribution in [2.45, 2.75) is 25.9 Å². The van der Waals surface area contributed by atoms with Crippen LogP contribution in [0, 0.1) is 6.92 Å². The van der Waals surface area contributed by atoms with Crippen molar-refractivity contribution in [1.29, 1.82) is 0 Å². The summed E-state index contributed by atoms with van der Waals surface area (Å²) in [5, 5.41) is 0. The van der Waals surface area contributed by atoms with E-state index in [1.54, 1.807) is 18.0 Å². The lowest BCUT2D eigenvalue weighted by atomic mass is 10.3. The van der Waals surface area contributed by atoms with Crippen molar-refractivity contribution in [2.75, 3.05) is 13.1 Å². The first-order valence-electron chi connectivity index (χ1n) is 7.42. The van der Waals surface area contributed by atoms with Crippen molar-refractivity contribution in [1.82, 2.24) is 14.5 Å². The minimum atomic E-state index is -4.52. The predicted octanol–water partition coefficient (Wildman–Crippen LogP) is 3.38. The van der Waals surface area contributed by atoms with Crippen LogP contribution < -0.4 is 4.80 Å². The van der Waals surface area contributed by atoms with Crippen LogP contribution in [0.5, 0.6) is 0 Å². The molecule has 0 unspecified atom stereocenters. The molecule has 24 heavy (non-hydrogen) atoms. The van der Waals surface area contributed by atoms with Gasteiger partial charge in [0.1, 0.15) is 11.5 Å². The Morgan fingerprint density at radius 1 is 1.29 bits per heavy atom. The lowest BCUT2D eigenvalue weighted by Crippen LogP contribution is -2.27. The van der Waals surface area contributed by atoms with Gasteiger partial charge in [-0.3, -0.25) is 4.57 Å².